The van der Waals surface area contributed by atoms with Crippen molar-refractivity contribution in [1.82, 2.24) is 15.2 Å². The maximum atomic E-state index is 14.0. The number of carbonyl (C=O) groups is 3. The molecule has 2 amide bonds. The van der Waals surface area contributed by atoms with Gasteiger partial charge in [0, 0.05) is 43.2 Å². The van der Waals surface area contributed by atoms with Crippen LogP contribution in [0.4, 0.5) is 0 Å². The Morgan fingerprint density at radius 2 is 1.57 bits per heavy atom. The first-order chi connectivity index (χ1) is 20.4. The van der Waals surface area contributed by atoms with Crippen LogP contribution in [0.5, 0.6) is 11.5 Å². The van der Waals surface area contributed by atoms with Crippen LogP contribution in [0.2, 0.25) is 0 Å². The zero-order valence-corrected chi connectivity index (χ0v) is 23.6. The maximum Gasteiger partial charge on any atom is 0.305 e. The molecule has 0 radical (unpaired) electrons. The first kappa shape index (κ1) is 29.8. The molecule has 9 heteroatoms. The van der Waals surface area contributed by atoms with Crippen molar-refractivity contribution in [3.63, 3.8) is 0 Å². The molecule has 4 rings (SSSR count). The number of pyridine rings is 1. The number of methoxy groups -OCH3 is 2. The molecule has 0 saturated carbocycles. The van der Waals surface area contributed by atoms with Crippen LogP contribution in [-0.4, -0.2) is 60.1 Å². The van der Waals surface area contributed by atoms with E-state index in [1.165, 1.54) is 4.90 Å². The number of benzene rings is 3. The summed E-state index contributed by atoms with van der Waals surface area (Å²) in [6.07, 6.45) is 3.56. The third-order valence-corrected chi connectivity index (χ3v) is 6.82. The van der Waals surface area contributed by atoms with E-state index in [1.54, 1.807) is 87.3 Å². The molecule has 0 aliphatic carbocycles. The van der Waals surface area contributed by atoms with E-state index < -0.39 is 5.97 Å². The van der Waals surface area contributed by atoms with Crippen molar-refractivity contribution in [2.75, 3.05) is 27.3 Å². The highest BCUT2D eigenvalue weighted by atomic mass is 16.5. The lowest BCUT2D eigenvalue weighted by Gasteiger charge is -2.24. The molecule has 0 spiro atoms. The van der Waals surface area contributed by atoms with Crippen LogP contribution in [0.1, 0.15) is 38.3 Å². The van der Waals surface area contributed by atoms with Crippen LogP contribution in [0.15, 0.2) is 91.3 Å². The second-order valence-electron chi connectivity index (χ2n) is 9.50. The standard InChI is InChI=1S/C33H33N3O6/c1-41-25-13-14-30(42-2)24(20-25)15-18-36(19-16-31(37)38)33(40)29-12-6-4-10-27(29)26-9-3-5-11-28(26)32(39)35-22-23-8-7-17-34-21-23/h3-14,17,20-21H,15-16,18-19,22H2,1-2H3,(H,35,39)(H,37,38). The lowest BCUT2D eigenvalue weighted by molar-refractivity contribution is -0.137. The minimum absolute atomic E-state index is 0.0159. The van der Waals surface area contributed by atoms with Crippen LogP contribution in [-0.2, 0) is 17.8 Å². The van der Waals surface area contributed by atoms with E-state index >= 15 is 0 Å². The van der Waals surface area contributed by atoms with Gasteiger partial charge < -0.3 is 24.8 Å². The maximum absolute atomic E-state index is 14.0. The molecule has 0 bridgehead atoms. The van der Waals surface area contributed by atoms with E-state index in [-0.39, 0.29) is 31.3 Å². The lowest BCUT2D eigenvalue weighted by atomic mass is 9.94. The average molecular weight is 568 g/mol. The summed E-state index contributed by atoms with van der Waals surface area (Å²) in [6.45, 7) is 0.567. The monoisotopic (exact) mass is 567 g/mol. The van der Waals surface area contributed by atoms with Gasteiger partial charge in [0.05, 0.1) is 20.6 Å². The molecule has 4 aromatic rings. The van der Waals surface area contributed by atoms with Gasteiger partial charge >= 0.3 is 5.97 Å². The number of aromatic nitrogens is 1. The Morgan fingerprint density at radius 1 is 0.857 bits per heavy atom. The van der Waals surface area contributed by atoms with Gasteiger partial charge in [0.1, 0.15) is 11.5 Å². The van der Waals surface area contributed by atoms with E-state index in [0.29, 0.717) is 46.7 Å². The van der Waals surface area contributed by atoms with Gasteiger partial charge in [0.25, 0.3) is 11.8 Å². The second-order valence-corrected chi connectivity index (χ2v) is 9.50. The smallest absolute Gasteiger partial charge is 0.305 e. The van der Waals surface area contributed by atoms with Gasteiger partial charge in [-0.15, -0.1) is 0 Å². The number of carbonyl (C=O) groups excluding carboxylic acids is 2. The third-order valence-electron chi connectivity index (χ3n) is 6.82. The molecule has 9 nitrogen and oxygen atoms in total. The van der Waals surface area contributed by atoms with E-state index in [9.17, 15) is 19.5 Å². The number of hydrogen-bond acceptors (Lipinski definition) is 6. The SMILES string of the molecule is COc1ccc(OC)c(CCN(CCC(=O)O)C(=O)c2ccccc2-c2ccccc2C(=O)NCc2cccnc2)c1. The van der Waals surface area contributed by atoms with E-state index in [1.807, 2.05) is 18.2 Å². The van der Waals surface area contributed by atoms with Crippen molar-refractivity contribution in [2.24, 2.45) is 0 Å². The number of rotatable bonds is 13. The van der Waals surface area contributed by atoms with Gasteiger partial charge in [0.2, 0.25) is 0 Å². The number of amides is 2. The van der Waals surface area contributed by atoms with Gasteiger partial charge in [-0.25, -0.2) is 0 Å². The van der Waals surface area contributed by atoms with Crippen molar-refractivity contribution in [2.45, 2.75) is 19.4 Å². The van der Waals surface area contributed by atoms with Crippen molar-refractivity contribution < 1.29 is 29.0 Å². The highest BCUT2D eigenvalue weighted by molar-refractivity contribution is 6.06. The molecule has 0 unspecified atom stereocenters. The van der Waals surface area contributed by atoms with E-state index in [4.69, 9.17) is 9.47 Å². The number of hydrogen-bond donors (Lipinski definition) is 2. The van der Waals surface area contributed by atoms with Gasteiger partial charge in [-0.05, 0) is 65.1 Å². The average Bonchev–Trinajstić information content (AvgIpc) is 3.03. The largest absolute Gasteiger partial charge is 0.497 e. The number of nitrogens with one attached hydrogen (secondary N) is 1. The Morgan fingerprint density at radius 3 is 2.24 bits per heavy atom. The number of carboxylic acids is 1. The summed E-state index contributed by atoms with van der Waals surface area (Å²) in [5, 5.41) is 12.3. The van der Waals surface area contributed by atoms with Crippen LogP contribution >= 0.6 is 0 Å². The van der Waals surface area contributed by atoms with Gasteiger partial charge in [-0.3, -0.25) is 19.4 Å². The first-order valence-electron chi connectivity index (χ1n) is 13.5. The van der Waals surface area contributed by atoms with Gasteiger partial charge in [-0.2, -0.15) is 0 Å². The second kappa shape index (κ2) is 14.5. The summed E-state index contributed by atoms with van der Waals surface area (Å²) in [5.74, 6) is -0.328. The van der Waals surface area contributed by atoms with Crippen LogP contribution in [0.25, 0.3) is 11.1 Å². The zero-order valence-electron chi connectivity index (χ0n) is 23.6. The molecule has 0 aliphatic heterocycles. The summed E-state index contributed by atoms with van der Waals surface area (Å²) < 4.78 is 10.8. The van der Waals surface area contributed by atoms with Crippen LogP contribution < -0.4 is 14.8 Å². The molecule has 1 heterocycles. The quantitative estimate of drug-likeness (QED) is 0.237. The molecule has 0 aliphatic rings. The molecular weight excluding hydrogens is 534 g/mol. The fraction of sp³-hybridized carbons (Fsp3) is 0.212. The lowest BCUT2D eigenvalue weighted by Crippen LogP contribution is -2.35. The Hall–Kier alpha value is -5.18. The predicted octanol–water partition coefficient (Wildman–Crippen LogP) is 4.86. The Balaban J connectivity index is 1.62. The van der Waals surface area contributed by atoms with Crippen molar-refractivity contribution >= 4 is 17.8 Å². The summed E-state index contributed by atoms with van der Waals surface area (Å²) >= 11 is 0. The zero-order chi connectivity index (χ0) is 29.9. The summed E-state index contributed by atoms with van der Waals surface area (Å²) in [6, 6.07) is 23.2. The number of ether oxygens (including phenoxy) is 2. The Bertz CT molecular complexity index is 1540. The summed E-state index contributed by atoms with van der Waals surface area (Å²) in [4.78, 5) is 44.4. The predicted molar refractivity (Wildman–Crippen MR) is 159 cm³/mol. The van der Waals surface area contributed by atoms with Crippen molar-refractivity contribution in [3.8, 4) is 22.6 Å². The first-order valence-corrected chi connectivity index (χ1v) is 13.5. The molecule has 3 aromatic carbocycles. The van der Waals surface area contributed by atoms with E-state index in [0.717, 1.165) is 11.1 Å². The Labute approximate surface area is 244 Å². The molecule has 216 valence electrons. The molecule has 42 heavy (non-hydrogen) atoms. The van der Waals surface area contributed by atoms with Gasteiger partial charge in [-0.1, -0.05) is 42.5 Å². The fourth-order valence-corrected chi connectivity index (χ4v) is 4.65. The number of aliphatic carboxylic acids is 1. The summed E-state index contributed by atoms with van der Waals surface area (Å²) in [7, 11) is 3.14. The van der Waals surface area contributed by atoms with Crippen LogP contribution in [0.3, 0.4) is 0 Å². The van der Waals surface area contributed by atoms with E-state index in [2.05, 4.69) is 10.3 Å². The number of nitrogens with zero attached hydrogens (tertiary/aromatic N) is 2. The molecule has 0 atom stereocenters. The Kier molecular flexibility index (Phi) is 10.3. The summed E-state index contributed by atoms with van der Waals surface area (Å²) in [5.41, 5.74) is 3.65. The number of carboxylic acid groups (broad SMARTS) is 1. The van der Waals surface area contributed by atoms with Crippen molar-refractivity contribution in [1.29, 1.82) is 0 Å². The topological polar surface area (TPSA) is 118 Å². The molecule has 0 fully saturated rings. The highest BCUT2D eigenvalue weighted by Gasteiger charge is 2.23. The third kappa shape index (κ3) is 7.51. The molecule has 0 saturated heterocycles. The molecule has 2 N–H and O–H groups in total. The highest BCUT2D eigenvalue weighted by Crippen LogP contribution is 2.29. The molecule has 1 aromatic heterocycles. The molecular formula is C33H33N3O6. The normalized spacial score (nSPS) is 10.5. The fourth-order valence-electron chi connectivity index (χ4n) is 4.65. The van der Waals surface area contributed by atoms with Crippen LogP contribution in [0, 0.1) is 0 Å². The van der Waals surface area contributed by atoms with Gasteiger partial charge in [0.15, 0.2) is 0 Å². The van der Waals surface area contributed by atoms with Crippen molar-refractivity contribution in [3.05, 3.63) is 114 Å². The minimum Gasteiger partial charge on any atom is -0.497 e. The minimum atomic E-state index is -1.00.